The Morgan fingerprint density at radius 3 is 2.88 bits per heavy atom. The van der Waals surface area contributed by atoms with Crippen LogP contribution in [0.15, 0.2) is 17.5 Å². The minimum absolute atomic E-state index is 0. The van der Waals surface area contributed by atoms with E-state index >= 15 is 0 Å². The van der Waals surface area contributed by atoms with Crippen LogP contribution < -0.4 is 5.32 Å². The van der Waals surface area contributed by atoms with Crippen molar-refractivity contribution in [3.05, 3.63) is 22.4 Å². The van der Waals surface area contributed by atoms with Crippen LogP contribution in [0.2, 0.25) is 0 Å². The van der Waals surface area contributed by atoms with Crippen LogP contribution >= 0.6 is 23.7 Å². The van der Waals surface area contributed by atoms with Crippen LogP contribution in [0, 0.1) is 0 Å². The van der Waals surface area contributed by atoms with Gasteiger partial charge < -0.3 is 10.1 Å². The Labute approximate surface area is 114 Å². The van der Waals surface area contributed by atoms with Crippen LogP contribution in [0.25, 0.3) is 0 Å². The molecule has 0 bridgehead atoms. The highest BCUT2D eigenvalue weighted by Crippen LogP contribution is 2.20. The van der Waals surface area contributed by atoms with Gasteiger partial charge in [-0.3, -0.25) is 0 Å². The summed E-state index contributed by atoms with van der Waals surface area (Å²) in [5, 5.41) is 5.57. The fraction of sp³-hybridized carbons (Fsp3) is 0.692. The molecule has 1 heterocycles. The van der Waals surface area contributed by atoms with Crippen molar-refractivity contribution in [2.75, 3.05) is 13.2 Å². The van der Waals surface area contributed by atoms with Gasteiger partial charge in [0.2, 0.25) is 0 Å². The summed E-state index contributed by atoms with van der Waals surface area (Å²) < 4.78 is 5.80. The molecule has 0 aliphatic heterocycles. The molecule has 0 unspecified atom stereocenters. The topological polar surface area (TPSA) is 21.3 Å². The molecular weight excluding hydrogens is 254 g/mol. The second-order valence-corrected chi connectivity index (χ2v) is 5.42. The van der Waals surface area contributed by atoms with Crippen LogP contribution in [0.4, 0.5) is 0 Å². The molecule has 1 aromatic rings. The fourth-order valence-corrected chi connectivity index (χ4v) is 2.80. The van der Waals surface area contributed by atoms with E-state index in [2.05, 4.69) is 22.8 Å². The Hall–Kier alpha value is -0.0900. The number of rotatable bonds is 7. The summed E-state index contributed by atoms with van der Waals surface area (Å²) in [4.78, 5) is 1.41. The zero-order chi connectivity index (χ0) is 11.1. The maximum Gasteiger partial charge on any atom is 0.0575 e. The lowest BCUT2D eigenvalue weighted by atomic mass is 10.3. The number of hydrogen-bond acceptors (Lipinski definition) is 3. The van der Waals surface area contributed by atoms with Crippen molar-refractivity contribution in [3.63, 3.8) is 0 Å². The predicted octanol–water partition coefficient (Wildman–Crippen LogP) is 3.61. The quantitative estimate of drug-likeness (QED) is 0.768. The molecule has 4 heteroatoms. The molecule has 1 aromatic heterocycles. The van der Waals surface area contributed by atoms with Gasteiger partial charge >= 0.3 is 0 Å². The van der Waals surface area contributed by atoms with Gasteiger partial charge in [0.15, 0.2) is 0 Å². The maximum atomic E-state index is 5.80. The Balaban J connectivity index is 0.00000144. The molecule has 1 saturated carbocycles. The van der Waals surface area contributed by atoms with Crippen LogP contribution in [-0.4, -0.2) is 19.3 Å². The molecule has 98 valence electrons. The summed E-state index contributed by atoms with van der Waals surface area (Å²) in [6.07, 6.45) is 6.98. The van der Waals surface area contributed by atoms with Crippen LogP contribution in [0.5, 0.6) is 0 Å². The van der Waals surface area contributed by atoms with Crippen molar-refractivity contribution in [3.8, 4) is 0 Å². The van der Waals surface area contributed by atoms with Gasteiger partial charge in [-0.25, -0.2) is 0 Å². The molecule has 1 aliphatic rings. The summed E-state index contributed by atoms with van der Waals surface area (Å²) in [7, 11) is 0. The van der Waals surface area contributed by atoms with E-state index in [0.717, 1.165) is 26.1 Å². The number of halogens is 1. The van der Waals surface area contributed by atoms with E-state index in [1.54, 1.807) is 0 Å². The Kier molecular flexibility index (Phi) is 7.86. The third kappa shape index (κ3) is 5.87. The van der Waals surface area contributed by atoms with Crippen molar-refractivity contribution in [2.24, 2.45) is 0 Å². The van der Waals surface area contributed by atoms with Gasteiger partial charge in [-0.2, -0.15) is 0 Å². The number of thiophene rings is 1. The molecule has 2 rings (SSSR count). The minimum atomic E-state index is 0. The van der Waals surface area contributed by atoms with Gasteiger partial charge in [0.05, 0.1) is 6.10 Å². The molecule has 1 N–H and O–H groups in total. The van der Waals surface area contributed by atoms with E-state index in [0.29, 0.717) is 6.10 Å². The van der Waals surface area contributed by atoms with Crippen LogP contribution in [-0.2, 0) is 11.3 Å². The van der Waals surface area contributed by atoms with E-state index in [1.165, 1.54) is 30.6 Å². The SMILES string of the molecule is Cl.c1csc(CNCCCOC2CCCC2)c1. The van der Waals surface area contributed by atoms with Crippen molar-refractivity contribution in [1.82, 2.24) is 5.32 Å². The van der Waals surface area contributed by atoms with E-state index in [-0.39, 0.29) is 12.4 Å². The average molecular weight is 276 g/mol. The molecule has 0 spiro atoms. The molecule has 17 heavy (non-hydrogen) atoms. The van der Waals surface area contributed by atoms with Crippen molar-refractivity contribution < 1.29 is 4.74 Å². The first-order valence-corrected chi connectivity index (χ1v) is 7.18. The summed E-state index contributed by atoms with van der Waals surface area (Å²) in [5.74, 6) is 0. The fourth-order valence-electron chi connectivity index (χ4n) is 2.13. The molecule has 1 aliphatic carbocycles. The monoisotopic (exact) mass is 275 g/mol. The van der Waals surface area contributed by atoms with E-state index in [9.17, 15) is 0 Å². The van der Waals surface area contributed by atoms with Crippen molar-refractivity contribution in [1.29, 1.82) is 0 Å². The second-order valence-electron chi connectivity index (χ2n) is 4.39. The largest absolute Gasteiger partial charge is 0.378 e. The summed E-state index contributed by atoms with van der Waals surface area (Å²) >= 11 is 1.81. The molecule has 0 aromatic carbocycles. The van der Waals surface area contributed by atoms with Gasteiger partial charge in [-0.15, -0.1) is 23.7 Å². The smallest absolute Gasteiger partial charge is 0.0575 e. The van der Waals surface area contributed by atoms with Gasteiger partial charge in [0.1, 0.15) is 0 Å². The highest BCUT2D eigenvalue weighted by molar-refractivity contribution is 7.09. The van der Waals surface area contributed by atoms with Gasteiger partial charge in [0, 0.05) is 18.0 Å². The summed E-state index contributed by atoms with van der Waals surface area (Å²) in [5.41, 5.74) is 0. The molecular formula is C13H22ClNOS. The van der Waals surface area contributed by atoms with Crippen LogP contribution in [0.3, 0.4) is 0 Å². The highest BCUT2D eigenvalue weighted by Gasteiger charge is 2.14. The first-order valence-electron chi connectivity index (χ1n) is 6.30. The first kappa shape index (κ1) is 15.0. The second kappa shape index (κ2) is 8.92. The third-order valence-electron chi connectivity index (χ3n) is 3.03. The van der Waals surface area contributed by atoms with Crippen molar-refractivity contribution in [2.45, 2.75) is 44.8 Å². The van der Waals surface area contributed by atoms with E-state index < -0.39 is 0 Å². The lowest BCUT2D eigenvalue weighted by molar-refractivity contribution is 0.0569. The van der Waals surface area contributed by atoms with Crippen LogP contribution in [0.1, 0.15) is 37.0 Å². The minimum Gasteiger partial charge on any atom is -0.378 e. The third-order valence-corrected chi connectivity index (χ3v) is 3.91. The number of ether oxygens (including phenoxy) is 1. The molecule has 2 nitrogen and oxygen atoms in total. The van der Waals surface area contributed by atoms with Crippen molar-refractivity contribution >= 4 is 23.7 Å². The Bertz CT molecular complexity index is 273. The summed E-state index contributed by atoms with van der Waals surface area (Å²) in [6, 6.07) is 4.28. The highest BCUT2D eigenvalue weighted by atomic mass is 35.5. The van der Waals surface area contributed by atoms with E-state index in [1.807, 2.05) is 11.3 Å². The average Bonchev–Trinajstić information content (AvgIpc) is 2.96. The molecule has 0 radical (unpaired) electrons. The van der Waals surface area contributed by atoms with Gasteiger partial charge in [0.25, 0.3) is 0 Å². The predicted molar refractivity (Wildman–Crippen MR) is 76.1 cm³/mol. The standard InChI is InChI=1S/C13H21NOS.ClH/c1-2-6-12(5-1)15-9-4-8-14-11-13-7-3-10-16-13;/h3,7,10,12,14H,1-2,4-6,8-9,11H2;1H. The number of hydrogen-bond donors (Lipinski definition) is 1. The van der Waals surface area contributed by atoms with E-state index in [4.69, 9.17) is 4.74 Å². The first-order chi connectivity index (χ1) is 7.95. The molecule has 1 fully saturated rings. The molecule has 0 atom stereocenters. The lowest BCUT2D eigenvalue weighted by Gasteiger charge is -2.10. The zero-order valence-electron chi connectivity index (χ0n) is 10.2. The lowest BCUT2D eigenvalue weighted by Crippen LogP contribution is -2.17. The normalized spacial score (nSPS) is 16.0. The molecule has 0 amide bonds. The Morgan fingerprint density at radius 1 is 1.35 bits per heavy atom. The zero-order valence-corrected chi connectivity index (χ0v) is 11.8. The van der Waals surface area contributed by atoms with Gasteiger partial charge in [-0.1, -0.05) is 18.9 Å². The summed E-state index contributed by atoms with van der Waals surface area (Å²) in [6.45, 7) is 2.98. The number of nitrogens with one attached hydrogen (secondary N) is 1. The Morgan fingerprint density at radius 2 is 2.18 bits per heavy atom. The van der Waals surface area contributed by atoms with Gasteiger partial charge in [-0.05, 0) is 37.3 Å². The maximum absolute atomic E-state index is 5.80. The molecule has 0 saturated heterocycles.